The molecule has 1 nitrogen and oxygen atoms in total. The quantitative estimate of drug-likeness (QED) is 0.516. The molecule has 0 amide bonds. The summed E-state index contributed by atoms with van der Waals surface area (Å²) in [6.45, 7) is 20.1. The molecule has 0 spiro atoms. The largest absolute Gasteiger partial charge is 0.385 e. The van der Waals surface area contributed by atoms with E-state index in [-0.39, 0.29) is 0 Å². The molecule has 0 atom stereocenters. The van der Waals surface area contributed by atoms with E-state index in [9.17, 15) is 0 Å². The Bertz CT molecular complexity index is 187. The Kier molecular flexibility index (Phi) is 5.28. The Morgan fingerprint density at radius 1 is 0.933 bits per heavy atom. The Labute approximate surface area is 98.6 Å². The highest BCUT2D eigenvalue weighted by molar-refractivity contribution is 6.80. The van der Waals surface area contributed by atoms with Gasteiger partial charge in [0.05, 0.1) is 8.07 Å². The van der Waals surface area contributed by atoms with Crippen molar-refractivity contribution in [2.75, 3.05) is 12.8 Å². The van der Waals surface area contributed by atoms with E-state index in [1.165, 1.54) is 6.04 Å². The highest BCUT2D eigenvalue weighted by Gasteiger charge is 2.35. The summed E-state index contributed by atoms with van der Waals surface area (Å²) < 4.78 is 5.90. The average molecular weight is 247 g/mol. The normalized spacial score (nSPS) is 14.4. The van der Waals surface area contributed by atoms with Crippen molar-refractivity contribution in [3.63, 3.8) is 0 Å². The van der Waals surface area contributed by atoms with Gasteiger partial charge in [-0.15, -0.1) is 0 Å². The third kappa shape index (κ3) is 6.53. The highest BCUT2D eigenvalue weighted by atomic mass is 28.3. The molecule has 0 aromatic heterocycles. The molecule has 0 rings (SSSR count). The molecular weight excluding hydrogens is 216 g/mol. The van der Waals surface area contributed by atoms with Crippen LogP contribution in [0.15, 0.2) is 0 Å². The predicted molar refractivity (Wildman–Crippen MR) is 76.2 cm³/mol. The molecule has 0 heterocycles. The van der Waals surface area contributed by atoms with Gasteiger partial charge in [0, 0.05) is 20.9 Å². The molecule has 0 N–H and O–H groups in total. The minimum Gasteiger partial charge on any atom is -0.385 e. The maximum Gasteiger partial charge on any atom is 0.0829 e. The van der Waals surface area contributed by atoms with Crippen molar-refractivity contribution in [3.05, 3.63) is 0 Å². The molecule has 0 fully saturated rings. The van der Waals surface area contributed by atoms with Gasteiger partial charge in [-0.05, 0) is 11.1 Å². The van der Waals surface area contributed by atoms with E-state index in [1.807, 2.05) is 0 Å². The monoisotopic (exact) mass is 246 g/mol. The Balaban J connectivity index is 3.87. The predicted octanol–water partition coefficient (Wildman–Crippen LogP) is 4.39. The van der Waals surface area contributed by atoms with Crippen molar-refractivity contribution in [1.82, 2.24) is 0 Å². The lowest BCUT2D eigenvalue weighted by Crippen LogP contribution is -2.42. The summed E-state index contributed by atoms with van der Waals surface area (Å²) in [5.74, 6) is 0. The number of ether oxygens (including phenoxy) is 1. The first kappa shape index (κ1) is 15.4. The van der Waals surface area contributed by atoms with Crippen LogP contribution in [0.5, 0.6) is 0 Å². The van der Waals surface area contributed by atoms with Gasteiger partial charge in [0.2, 0.25) is 0 Å². The molecule has 0 aromatic carbocycles. The van der Waals surface area contributed by atoms with Crippen LogP contribution in [-0.2, 0) is 4.74 Å². The number of hydrogen-bond acceptors (Lipinski definition) is 1. The maximum absolute atomic E-state index is 5.90. The van der Waals surface area contributed by atoms with E-state index < -0.39 is 16.1 Å². The van der Waals surface area contributed by atoms with Crippen LogP contribution in [0.3, 0.4) is 0 Å². The fourth-order valence-corrected chi connectivity index (χ4v) is 2.77. The lowest BCUT2D eigenvalue weighted by Gasteiger charge is -2.36. The van der Waals surface area contributed by atoms with E-state index in [0.717, 1.165) is 12.8 Å². The second-order valence-corrected chi connectivity index (χ2v) is 18.7. The SMILES string of the molecule is CC(C)(C)[Si](C)(C)COCC[Si](C)(C)C. The summed E-state index contributed by atoms with van der Waals surface area (Å²) in [5, 5.41) is 0.451. The van der Waals surface area contributed by atoms with Crippen LogP contribution >= 0.6 is 0 Å². The van der Waals surface area contributed by atoms with Crippen molar-refractivity contribution < 1.29 is 4.74 Å². The van der Waals surface area contributed by atoms with Gasteiger partial charge in [-0.1, -0.05) is 53.5 Å². The van der Waals surface area contributed by atoms with Gasteiger partial charge >= 0.3 is 0 Å². The number of hydrogen-bond donors (Lipinski definition) is 0. The van der Waals surface area contributed by atoms with E-state index in [1.54, 1.807) is 0 Å². The molecule has 0 saturated carbocycles. The summed E-state index contributed by atoms with van der Waals surface area (Å²) in [7, 11) is -2.12. The van der Waals surface area contributed by atoms with Gasteiger partial charge in [-0.2, -0.15) is 0 Å². The van der Waals surface area contributed by atoms with E-state index >= 15 is 0 Å². The highest BCUT2D eigenvalue weighted by Crippen LogP contribution is 2.35. The third-order valence-corrected chi connectivity index (χ3v) is 10.2. The zero-order valence-electron chi connectivity index (χ0n) is 12.0. The van der Waals surface area contributed by atoms with E-state index in [0.29, 0.717) is 5.04 Å². The van der Waals surface area contributed by atoms with E-state index in [2.05, 4.69) is 53.5 Å². The molecule has 0 bridgehead atoms. The van der Waals surface area contributed by atoms with Crippen LogP contribution in [0.25, 0.3) is 0 Å². The summed E-state index contributed by atoms with van der Waals surface area (Å²) in [6, 6.07) is 1.29. The number of rotatable bonds is 5. The molecule has 0 unspecified atom stereocenters. The van der Waals surface area contributed by atoms with Crippen molar-refractivity contribution in [2.24, 2.45) is 0 Å². The smallest absolute Gasteiger partial charge is 0.0829 e. The van der Waals surface area contributed by atoms with Crippen molar-refractivity contribution >= 4 is 16.1 Å². The molecular formula is C12H30OSi2. The molecule has 0 aliphatic heterocycles. The molecule has 92 valence electrons. The molecule has 3 heteroatoms. The first-order valence-corrected chi connectivity index (χ1v) is 12.9. The zero-order valence-corrected chi connectivity index (χ0v) is 14.0. The lowest BCUT2D eigenvalue weighted by atomic mass is 10.2. The van der Waals surface area contributed by atoms with Crippen molar-refractivity contribution in [3.8, 4) is 0 Å². The first-order chi connectivity index (χ1) is 6.46. The molecule has 0 saturated heterocycles. The van der Waals surface area contributed by atoms with Crippen LogP contribution in [0.1, 0.15) is 20.8 Å². The summed E-state index contributed by atoms with van der Waals surface area (Å²) in [4.78, 5) is 0. The van der Waals surface area contributed by atoms with Gasteiger partial charge in [-0.25, -0.2) is 0 Å². The standard InChI is InChI=1S/C12H30OSi2/c1-12(2,3)15(7,8)11-13-9-10-14(4,5)6/h9-11H2,1-8H3. The minimum absolute atomic E-state index is 0.451. The van der Waals surface area contributed by atoms with Gasteiger partial charge in [0.1, 0.15) is 0 Å². The Morgan fingerprint density at radius 3 is 1.73 bits per heavy atom. The fourth-order valence-electron chi connectivity index (χ4n) is 0.922. The molecule has 0 aliphatic rings. The van der Waals surface area contributed by atoms with Gasteiger partial charge in [0.25, 0.3) is 0 Å². The molecule has 0 aromatic rings. The average Bonchev–Trinajstić information content (AvgIpc) is 1.94. The Morgan fingerprint density at radius 2 is 1.40 bits per heavy atom. The molecule has 0 radical (unpaired) electrons. The second-order valence-electron chi connectivity index (χ2n) is 7.50. The summed E-state index contributed by atoms with van der Waals surface area (Å²) in [6.07, 6.45) is 1.01. The van der Waals surface area contributed by atoms with Crippen LogP contribution in [0.4, 0.5) is 0 Å². The van der Waals surface area contributed by atoms with Crippen LogP contribution in [0.2, 0.25) is 43.8 Å². The molecule has 0 aliphatic carbocycles. The minimum atomic E-state index is -1.21. The van der Waals surface area contributed by atoms with Crippen LogP contribution in [-0.4, -0.2) is 29.0 Å². The lowest BCUT2D eigenvalue weighted by molar-refractivity contribution is 0.184. The first-order valence-electron chi connectivity index (χ1n) is 6.03. The molecule has 15 heavy (non-hydrogen) atoms. The fraction of sp³-hybridized carbons (Fsp3) is 1.00. The summed E-state index contributed by atoms with van der Waals surface area (Å²) >= 11 is 0. The third-order valence-electron chi connectivity index (χ3n) is 3.49. The zero-order chi connectivity index (χ0) is 12.3. The Hall–Kier alpha value is 0.394. The van der Waals surface area contributed by atoms with Gasteiger partial charge < -0.3 is 4.74 Å². The topological polar surface area (TPSA) is 9.23 Å². The maximum atomic E-state index is 5.90. The van der Waals surface area contributed by atoms with Crippen molar-refractivity contribution in [2.45, 2.75) is 64.6 Å². The second kappa shape index (κ2) is 5.15. The van der Waals surface area contributed by atoms with Crippen LogP contribution in [0, 0.1) is 0 Å². The van der Waals surface area contributed by atoms with Crippen LogP contribution < -0.4 is 0 Å². The van der Waals surface area contributed by atoms with Crippen molar-refractivity contribution in [1.29, 1.82) is 0 Å². The van der Waals surface area contributed by atoms with E-state index in [4.69, 9.17) is 4.74 Å². The summed E-state index contributed by atoms with van der Waals surface area (Å²) in [5.41, 5.74) is 0. The van der Waals surface area contributed by atoms with Gasteiger partial charge in [-0.3, -0.25) is 0 Å². The van der Waals surface area contributed by atoms with Gasteiger partial charge in [0.15, 0.2) is 0 Å².